The van der Waals surface area contributed by atoms with E-state index in [4.69, 9.17) is 11.6 Å². The van der Waals surface area contributed by atoms with E-state index in [1.807, 2.05) is 24.3 Å². The molecule has 0 spiro atoms. The summed E-state index contributed by atoms with van der Waals surface area (Å²) in [5.41, 5.74) is 2.45. The van der Waals surface area contributed by atoms with Gasteiger partial charge in [0, 0.05) is 10.7 Å². The Labute approximate surface area is 139 Å². The molecule has 0 aromatic heterocycles. The van der Waals surface area contributed by atoms with Gasteiger partial charge in [-0.2, -0.15) is 0 Å². The van der Waals surface area contributed by atoms with Crippen molar-refractivity contribution < 1.29 is 0 Å². The Kier molecular flexibility index (Phi) is 4.05. The number of benzene rings is 2. The number of hydrogen-bond acceptors (Lipinski definition) is 3. The summed E-state index contributed by atoms with van der Waals surface area (Å²) in [5, 5.41) is 3.58. The van der Waals surface area contributed by atoms with Crippen molar-refractivity contribution in [3.8, 4) is 11.1 Å². The van der Waals surface area contributed by atoms with E-state index in [-0.39, 0.29) is 0 Å². The zero-order valence-electron chi connectivity index (χ0n) is 12.9. The van der Waals surface area contributed by atoms with Crippen LogP contribution in [0.5, 0.6) is 0 Å². The van der Waals surface area contributed by atoms with E-state index in [0.717, 1.165) is 5.56 Å². The van der Waals surface area contributed by atoms with Gasteiger partial charge in [-0.25, -0.2) is 0 Å². The molecular weight excluding hydrogens is 310 g/mol. The number of hydrogen-bond donors (Lipinski definition) is 1. The molecule has 23 heavy (non-hydrogen) atoms. The first-order valence-corrected chi connectivity index (χ1v) is 7.81. The molecule has 0 fully saturated rings. The molecule has 0 aliphatic heterocycles. The van der Waals surface area contributed by atoms with Gasteiger partial charge in [0.25, 0.3) is 5.43 Å². The smallest absolute Gasteiger partial charge is 0.250 e. The minimum Gasteiger partial charge on any atom is -0.352 e. The van der Waals surface area contributed by atoms with E-state index >= 15 is 0 Å². The highest BCUT2D eigenvalue weighted by Crippen LogP contribution is 2.28. The second-order valence-electron chi connectivity index (χ2n) is 5.82. The number of anilines is 2. The van der Waals surface area contributed by atoms with Crippen LogP contribution in [0.1, 0.15) is 25.3 Å². The molecule has 0 aliphatic carbocycles. The van der Waals surface area contributed by atoms with Crippen LogP contribution >= 0.6 is 11.6 Å². The van der Waals surface area contributed by atoms with Gasteiger partial charge < -0.3 is 5.32 Å². The van der Waals surface area contributed by atoms with Gasteiger partial charge in [-0.15, -0.1) is 0 Å². The van der Waals surface area contributed by atoms with E-state index in [9.17, 15) is 9.59 Å². The summed E-state index contributed by atoms with van der Waals surface area (Å²) in [6.07, 6.45) is 0. The van der Waals surface area contributed by atoms with Crippen molar-refractivity contribution in [3.05, 3.63) is 79.6 Å². The first kappa shape index (κ1) is 15.5. The third kappa shape index (κ3) is 2.92. The lowest BCUT2D eigenvalue weighted by Gasteiger charge is -2.14. The van der Waals surface area contributed by atoms with Crippen LogP contribution in [0.15, 0.2) is 58.1 Å². The van der Waals surface area contributed by atoms with Crippen molar-refractivity contribution in [1.82, 2.24) is 0 Å². The third-order valence-corrected chi connectivity index (χ3v) is 4.11. The lowest BCUT2D eigenvalue weighted by atomic mass is 9.95. The van der Waals surface area contributed by atoms with Gasteiger partial charge in [-0.1, -0.05) is 55.8 Å². The molecule has 116 valence electrons. The van der Waals surface area contributed by atoms with Crippen molar-refractivity contribution in [2.24, 2.45) is 0 Å². The standard InChI is InChI=1S/C19H16ClNO2/c1-11(2)12-6-8-13(9-7-12)16-17(19(23)18(16)22)21-15-5-3-4-14(20)10-15/h3-11,21H,1-2H3. The highest BCUT2D eigenvalue weighted by Gasteiger charge is 2.22. The maximum atomic E-state index is 12.0. The van der Waals surface area contributed by atoms with Crippen LogP contribution in [-0.4, -0.2) is 0 Å². The van der Waals surface area contributed by atoms with Gasteiger partial charge in [-0.3, -0.25) is 9.59 Å². The normalized spacial score (nSPS) is 11.1. The maximum Gasteiger partial charge on any atom is 0.250 e. The Morgan fingerprint density at radius 2 is 1.65 bits per heavy atom. The highest BCUT2D eigenvalue weighted by molar-refractivity contribution is 6.30. The molecule has 1 N–H and O–H groups in total. The second-order valence-corrected chi connectivity index (χ2v) is 6.26. The number of halogens is 1. The highest BCUT2D eigenvalue weighted by atomic mass is 35.5. The van der Waals surface area contributed by atoms with Crippen LogP contribution in [-0.2, 0) is 0 Å². The summed E-state index contributed by atoms with van der Waals surface area (Å²) < 4.78 is 0. The molecule has 0 amide bonds. The molecule has 0 radical (unpaired) electrons. The topological polar surface area (TPSA) is 46.2 Å². The molecule has 3 nitrogen and oxygen atoms in total. The van der Waals surface area contributed by atoms with Crippen molar-refractivity contribution in [2.75, 3.05) is 5.32 Å². The fourth-order valence-electron chi connectivity index (χ4n) is 2.53. The SMILES string of the molecule is CC(C)c1ccc(-c2c(Nc3cccc(Cl)c3)c(=O)c2=O)cc1. The van der Waals surface area contributed by atoms with Crippen molar-refractivity contribution in [1.29, 1.82) is 0 Å². The fraction of sp³-hybridized carbons (Fsp3) is 0.158. The molecule has 3 aromatic rings. The minimum atomic E-state index is -0.493. The summed E-state index contributed by atoms with van der Waals surface area (Å²) in [6, 6.07) is 14.8. The zero-order chi connectivity index (χ0) is 16.6. The van der Waals surface area contributed by atoms with Crippen LogP contribution in [0.3, 0.4) is 0 Å². The average Bonchev–Trinajstić information content (AvgIpc) is 2.54. The molecule has 0 unspecified atom stereocenters. The second kappa shape index (κ2) is 6.01. The largest absolute Gasteiger partial charge is 0.352 e. The van der Waals surface area contributed by atoms with E-state index in [2.05, 4.69) is 19.2 Å². The lowest BCUT2D eigenvalue weighted by molar-refractivity contribution is 0.867. The summed E-state index contributed by atoms with van der Waals surface area (Å²) in [5.74, 6) is 0.417. The Morgan fingerprint density at radius 3 is 2.26 bits per heavy atom. The molecule has 0 heterocycles. The molecular formula is C19H16ClNO2. The van der Waals surface area contributed by atoms with Gasteiger partial charge in [0.1, 0.15) is 5.69 Å². The minimum absolute atomic E-state index is 0.328. The van der Waals surface area contributed by atoms with Gasteiger partial charge >= 0.3 is 0 Å². The Bertz CT molecular complexity index is 919. The predicted octanol–water partition coefficient (Wildman–Crippen LogP) is 4.47. The lowest BCUT2D eigenvalue weighted by Crippen LogP contribution is -2.35. The quantitative estimate of drug-likeness (QED) is 0.720. The number of nitrogens with one attached hydrogen (secondary N) is 1. The molecule has 4 heteroatoms. The molecule has 3 rings (SSSR count). The van der Waals surface area contributed by atoms with Crippen molar-refractivity contribution >= 4 is 23.0 Å². The molecule has 0 saturated carbocycles. The van der Waals surface area contributed by atoms with Crippen LogP contribution in [0.2, 0.25) is 5.02 Å². The van der Waals surface area contributed by atoms with E-state index in [1.165, 1.54) is 5.56 Å². The van der Waals surface area contributed by atoms with E-state index in [1.54, 1.807) is 24.3 Å². The van der Waals surface area contributed by atoms with Crippen LogP contribution in [0.4, 0.5) is 11.4 Å². The Hall–Kier alpha value is -2.39. The first-order valence-electron chi connectivity index (χ1n) is 7.43. The van der Waals surface area contributed by atoms with Gasteiger partial charge in [0.2, 0.25) is 5.43 Å². The first-order chi connectivity index (χ1) is 11.0. The van der Waals surface area contributed by atoms with Crippen LogP contribution in [0.25, 0.3) is 11.1 Å². The summed E-state index contributed by atoms with van der Waals surface area (Å²) in [6.45, 7) is 4.22. The molecule has 0 aliphatic rings. The molecule has 0 bridgehead atoms. The number of rotatable bonds is 4. The zero-order valence-corrected chi connectivity index (χ0v) is 13.6. The van der Waals surface area contributed by atoms with Gasteiger partial charge in [0.05, 0.1) is 5.56 Å². The predicted molar refractivity (Wildman–Crippen MR) is 95.6 cm³/mol. The van der Waals surface area contributed by atoms with Crippen molar-refractivity contribution in [2.45, 2.75) is 19.8 Å². The van der Waals surface area contributed by atoms with Crippen molar-refractivity contribution in [3.63, 3.8) is 0 Å². The summed E-state index contributed by atoms with van der Waals surface area (Å²) in [7, 11) is 0. The van der Waals surface area contributed by atoms with E-state index in [0.29, 0.717) is 27.9 Å². The fourth-order valence-corrected chi connectivity index (χ4v) is 2.72. The van der Waals surface area contributed by atoms with Gasteiger partial charge in [-0.05, 0) is 35.2 Å². The molecule has 0 saturated heterocycles. The van der Waals surface area contributed by atoms with E-state index < -0.39 is 10.9 Å². The maximum absolute atomic E-state index is 12.0. The summed E-state index contributed by atoms with van der Waals surface area (Å²) >= 11 is 5.95. The summed E-state index contributed by atoms with van der Waals surface area (Å²) in [4.78, 5) is 23.9. The average molecular weight is 326 g/mol. The monoisotopic (exact) mass is 325 g/mol. The molecule has 3 aromatic carbocycles. The molecule has 0 atom stereocenters. The van der Waals surface area contributed by atoms with Crippen LogP contribution < -0.4 is 16.2 Å². The van der Waals surface area contributed by atoms with Crippen LogP contribution in [0, 0.1) is 0 Å². The van der Waals surface area contributed by atoms with Gasteiger partial charge in [0.15, 0.2) is 0 Å². The third-order valence-electron chi connectivity index (χ3n) is 3.87. The Balaban J connectivity index is 1.97. The Morgan fingerprint density at radius 1 is 0.957 bits per heavy atom.